The highest BCUT2D eigenvalue weighted by Crippen LogP contribution is 2.44. The first-order valence-corrected chi connectivity index (χ1v) is 7.14. The van der Waals surface area contributed by atoms with Crippen LogP contribution in [0.4, 0.5) is 14.5 Å². The molecule has 1 amide bonds. The Bertz CT molecular complexity index is 632. The molecular weight excluding hydrogens is 290 g/mol. The van der Waals surface area contributed by atoms with Crippen LogP contribution in [0.15, 0.2) is 37.1 Å². The van der Waals surface area contributed by atoms with Crippen molar-refractivity contribution in [2.75, 3.05) is 5.32 Å². The summed E-state index contributed by atoms with van der Waals surface area (Å²) in [6, 6.07) is 3.52. The third kappa shape index (κ3) is 3.47. The molecule has 7 heteroatoms. The third-order valence-corrected chi connectivity index (χ3v) is 3.75. The lowest BCUT2D eigenvalue weighted by atomic mass is 9.78. The first-order chi connectivity index (χ1) is 10.5. The molecule has 3 rings (SSSR count). The molecule has 1 saturated carbocycles. The zero-order chi connectivity index (χ0) is 15.6. The number of anilines is 1. The summed E-state index contributed by atoms with van der Waals surface area (Å²) in [6.07, 6.45) is 7.19. The van der Waals surface area contributed by atoms with E-state index in [0.29, 0.717) is 17.9 Å². The smallest absolute Gasteiger partial charge is 0.248 e. The number of imidazole rings is 1. The Hall–Kier alpha value is -2.31. The van der Waals surface area contributed by atoms with E-state index in [2.05, 4.69) is 15.3 Å². The van der Waals surface area contributed by atoms with E-state index >= 15 is 0 Å². The maximum Gasteiger partial charge on any atom is 0.248 e. The number of carbonyl (C=O) groups is 1. The number of hydrogen-bond acceptors (Lipinski definition) is 3. The quantitative estimate of drug-likeness (QED) is 0.923. The number of amides is 1. The lowest BCUT2D eigenvalue weighted by Gasteiger charge is -2.34. The summed E-state index contributed by atoms with van der Waals surface area (Å²) in [5.74, 6) is -2.03. The predicted molar refractivity (Wildman–Crippen MR) is 76.9 cm³/mol. The lowest BCUT2D eigenvalue weighted by Crippen LogP contribution is -2.35. The number of halogens is 2. The van der Waals surface area contributed by atoms with Crippen molar-refractivity contribution in [3.63, 3.8) is 0 Å². The molecule has 2 heterocycles. The number of nitrogens with one attached hydrogen (secondary N) is 1. The van der Waals surface area contributed by atoms with Crippen molar-refractivity contribution in [3.05, 3.63) is 37.1 Å². The van der Waals surface area contributed by atoms with E-state index in [4.69, 9.17) is 0 Å². The van der Waals surface area contributed by atoms with Crippen molar-refractivity contribution in [3.8, 4) is 5.82 Å². The molecule has 116 valence electrons. The van der Waals surface area contributed by atoms with Gasteiger partial charge in [0.05, 0.1) is 11.9 Å². The highest BCUT2D eigenvalue weighted by atomic mass is 19.3. The molecule has 5 nitrogen and oxygen atoms in total. The van der Waals surface area contributed by atoms with Crippen LogP contribution in [-0.2, 0) is 4.79 Å². The van der Waals surface area contributed by atoms with E-state index in [0.717, 1.165) is 0 Å². The molecule has 0 spiro atoms. The van der Waals surface area contributed by atoms with Crippen molar-refractivity contribution >= 4 is 11.6 Å². The molecule has 2 aromatic rings. The van der Waals surface area contributed by atoms with Crippen molar-refractivity contribution < 1.29 is 13.6 Å². The molecule has 0 radical (unpaired) electrons. The van der Waals surface area contributed by atoms with Gasteiger partial charge in [-0.05, 0) is 24.5 Å². The maximum atomic E-state index is 12.7. The van der Waals surface area contributed by atoms with E-state index in [-0.39, 0.29) is 31.1 Å². The molecule has 0 aromatic carbocycles. The normalized spacial score (nSPS) is 17.0. The monoisotopic (exact) mass is 306 g/mol. The Morgan fingerprint density at radius 3 is 2.82 bits per heavy atom. The van der Waals surface area contributed by atoms with Gasteiger partial charge in [-0.1, -0.05) is 0 Å². The van der Waals surface area contributed by atoms with Crippen LogP contribution in [0.5, 0.6) is 0 Å². The Balaban J connectivity index is 1.47. The first-order valence-electron chi connectivity index (χ1n) is 7.14. The third-order valence-electron chi connectivity index (χ3n) is 3.75. The number of nitrogens with zero attached hydrogens (tertiary/aromatic N) is 3. The van der Waals surface area contributed by atoms with Gasteiger partial charge < -0.3 is 5.32 Å². The van der Waals surface area contributed by atoms with Crippen LogP contribution in [0, 0.1) is 5.92 Å². The fraction of sp³-hybridized carbons (Fsp3) is 0.400. The minimum absolute atomic E-state index is 0.0394. The molecular formula is C15H16F2N4O. The van der Waals surface area contributed by atoms with Crippen LogP contribution < -0.4 is 5.32 Å². The number of aromatic nitrogens is 3. The molecule has 0 unspecified atom stereocenters. The molecule has 1 aliphatic carbocycles. The molecule has 0 atom stereocenters. The van der Waals surface area contributed by atoms with Crippen LogP contribution in [0.2, 0.25) is 0 Å². The molecule has 0 aliphatic heterocycles. The summed E-state index contributed by atoms with van der Waals surface area (Å²) < 4.78 is 27.1. The lowest BCUT2D eigenvalue weighted by molar-refractivity contribution is -0.123. The molecule has 1 N–H and O–H groups in total. The second-order valence-corrected chi connectivity index (χ2v) is 5.59. The van der Waals surface area contributed by atoms with E-state index in [1.165, 1.54) is 0 Å². The Morgan fingerprint density at radius 2 is 2.23 bits per heavy atom. The highest BCUT2D eigenvalue weighted by molar-refractivity contribution is 5.90. The minimum atomic E-state index is -2.52. The van der Waals surface area contributed by atoms with E-state index in [1.807, 2.05) is 0 Å². The summed E-state index contributed by atoms with van der Waals surface area (Å²) in [7, 11) is 0. The van der Waals surface area contributed by atoms with Crippen molar-refractivity contribution in [2.24, 2.45) is 5.92 Å². The predicted octanol–water partition coefficient (Wildman–Crippen LogP) is 3.03. The largest absolute Gasteiger partial charge is 0.325 e. The van der Waals surface area contributed by atoms with Crippen LogP contribution in [0.1, 0.15) is 25.7 Å². The zero-order valence-corrected chi connectivity index (χ0v) is 11.9. The maximum absolute atomic E-state index is 12.7. The van der Waals surface area contributed by atoms with Crippen LogP contribution in [0.3, 0.4) is 0 Å². The summed E-state index contributed by atoms with van der Waals surface area (Å²) >= 11 is 0. The fourth-order valence-corrected chi connectivity index (χ4v) is 2.56. The van der Waals surface area contributed by atoms with Crippen LogP contribution in [-0.4, -0.2) is 26.4 Å². The fourth-order valence-electron chi connectivity index (χ4n) is 2.56. The number of rotatable bonds is 5. The summed E-state index contributed by atoms with van der Waals surface area (Å²) in [5.41, 5.74) is 0.591. The van der Waals surface area contributed by atoms with Gasteiger partial charge in [-0.2, -0.15) is 0 Å². The summed E-state index contributed by atoms with van der Waals surface area (Å²) in [4.78, 5) is 19.9. The van der Waals surface area contributed by atoms with Crippen molar-refractivity contribution in [2.45, 2.75) is 31.6 Å². The Labute approximate surface area is 126 Å². The first kappa shape index (κ1) is 14.6. The topological polar surface area (TPSA) is 59.8 Å². The van der Waals surface area contributed by atoms with E-state index in [9.17, 15) is 13.6 Å². The van der Waals surface area contributed by atoms with Gasteiger partial charge >= 0.3 is 0 Å². The van der Waals surface area contributed by atoms with Gasteiger partial charge in [0.15, 0.2) is 0 Å². The summed E-state index contributed by atoms with van der Waals surface area (Å²) in [5, 5.41) is 2.72. The van der Waals surface area contributed by atoms with Gasteiger partial charge in [0.2, 0.25) is 11.8 Å². The minimum Gasteiger partial charge on any atom is -0.325 e. The number of hydrogen-bond donors (Lipinski definition) is 1. The molecule has 0 bridgehead atoms. The average Bonchev–Trinajstić information content (AvgIpc) is 2.98. The number of pyridine rings is 1. The van der Waals surface area contributed by atoms with Crippen LogP contribution >= 0.6 is 0 Å². The van der Waals surface area contributed by atoms with Gasteiger partial charge in [0.1, 0.15) is 12.1 Å². The Kier molecular flexibility index (Phi) is 3.87. The Morgan fingerprint density at radius 1 is 1.41 bits per heavy atom. The number of carbonyl (C=O) groups excluding carboxylic acids is 1. The molecule has 2 aromatic heterocycles. The van der Waals surface area contributed by atoms with Crippen molar-refractivity contribution in [1.29, 1.82) is 0 Å². The highest BCUT2D eigenvalue weighted by Gasteiger charge is 2.44. The molecule has 22 heavy (non-hydrogen) atoms. The van der Waals surface area contributed by atoms with Gasteiger partial charge in [-0.25, -0.2) is 18.7 Å². The van der Waals surface area contributed by atoms with Gasteiger partial charge in [-0.15, -0.1) is 0 Å². The summed E-state index contributed by atoms with van der Waals surface area (Å²) in [6.45, 7) is 0. The second-order valence-electron chi connectivity index (χ2n) is 5.59. The molecule has 0 saturated heterocycles. The molecule has 1 aliphatic rings. The standard InChI is InChI=1S/C15H16F2N4O/c16-15(17)7-11(8-15)1-4-14(22)20-12-2-3-13(19-9-12)21-6-5-18-10-21/h2-3,5-6,9-11H,1,4,7-8H2,(H,20,22). The van der Waals surface area contributed by atoms with E-state index < -0.39 is 5.92 Å². The SMILES string of the molecule is O=C(CCC1CC(F)(F)C1)Nc1ccc(-n2ccnc2)nc1. The van der Waals surface area contributed by atoms with Crippen LogP contribution in [0.25, 0.3) is 5.82 Å². The van der Waals surface area contributed by atoms with Gasteiger partial charge in [0, 0.05) is 31.7 Å². The van der Waals surface area contributed by atoms with Gasteiger partial charge in [-0.3, -0.25) is 9.36 Å². The molecule has 1 fully saturated rings. The number of alkyl halides is 2. The average molecular weight is 306 g/mol. The van der Waals surface area contributed by atoms with Crippen molar-refractivity contribution in [1.82, 2.24) is 14.5 Å². The zero-order valence-electron chi connectivity index (χ0n) is 11.9. The van der Waals surface area contributed by atoms with Gasteiger partial charge in [0.25, 0.3) is 0 Å². The second kappa shape index (κ2) is 5.82. The van der Waals surface area contributed by atoms with E-state index in [1.54, 1.807) is 41.6 Å².